The molecule has 0 heterocycles. The standard InChI is InChI=1S/C8H13ClF2/c9-5-1-2-7-3-4-8(10,11)6-7/h7H,1-6H2. The van der Waals surface area contributed by atoms with Crippen LogP contribution in [0.2, 0.25) is 0 Å². The van der Waals surface area contributed by atoms with Crippen molar-refractivity contribution in [1.29, 1.82) is 0 Å². The van der Waals surface area contributed by atoms with Crippen molar-refractivity contribution in [2.24, 2.45) is 5.92 Å². The van der Waals surface area contributed by atoms with Crippen molar-refractivity contribution in [3.8, 4) is 0 Å². The predicted octanol–water partition coefficient (Wildman–Crippen LogP) is 3.44. The first-order valence-electron chi connectivity index (χ1n) is 4.08. The third-order valence-electron chi connectivity index (χ3n) is 2.25. The highest BCUT2D eigenvalue weighted by Gasteiger charge is 2.38. The molecule has 66 valence electrons. The first kappa shape index (κ1) is 9.24. The van der Waals surface area contributed by atoms with Crippen molar-refractivity contribution in [2.75, 3.05) is 5.88 Å². The summed E-state index contributed by atoms with van der Waals surface area (Å²) in [4.78, 5) is 0. The van der Waals surface area contributed by atoms with Gasteiger partial charge in [-0.1, -0.05) is 0 Å². The Balaban J connectivity index is 2.20. The van der Waals surface area contributed by atoms with Crippen LogP contribution in [0.1, 0.15) is 32.1 Å². The number of halogens is 3. The van der Waals surface area contributed by atoms with Gasteiger partial charge in [0.1, 0.15) is 0 Å². The zero-order valence-corrected chi connectivity index (χ0v) is 7.21. The molecule has 1 atom stereocenters. The predicted molar refractivity (Wildman–Crippen MR) is 42.2 cm³/mol. The fourth-order valence-electron chi connectivity index (χ4n) is 1.65. The molecule has 0 aromatic carbocycles. The second kappa shape index (κ2) is 3.70. The first-order chi connectivity index (χ1) is 5.14. The lowest BCUT2D eigenvalue weighted by Crippen LogP contribution is -2.09. The van der Waals surface area contributed by atoms with Crippen molar-refractivity contribution in [3.05, 3.63) is 0 Å². The van der Waals surface area contributed by atoms with Crippen LogP contribution in [0, 0.1) is 5.92 Å². The van der Waals surface area contributed by atoms with E-state index in [0.29, 0.717) is 12.3 Å². The molecule has 0 amide bonds. The fraction of sp³-hybridized carbons (Fsp3) is 1.00. The Kier molecular flexibility index (Phi) is 3.11. The SMILES string of the molecule is FC1(F)CCC(CCCCl)C1. The Bertz CT molecular complexity index is 125. The van der Waals surface area contributed by atoms with E-state index in [-0.39, 0.29) is 18.8 Å². The Morgan fingerprint density at radius 3 is 2.64 bits per heavy atom. The molecular weight excluding hydrogens is 170 g/mol. The monoisotopic (exact) mass is 182 g/mol. The molecule has 1 aliphatic rings. The Labute approximate surface area is 70.9 Å². The van der Waals surface area contributed by atoms with Gasteiger partial charge < -0.3 is 0 Å². The van der Waals surface area contributed by atoms with E-state index in [2.05, 4.69) is 0 Å². The van der Waals surface area contributed by atoms with E-state index in [1.54, 1.807) is 0 Å². The van der Waals surface area contributed by atoms with Crippen molar-refractivity contribution in [3.63, 3.8) is 0 Å². The fourth-order valence-corrected chi connectivity index (χ4v) is 1.81. The van der Waals surface area contributed by atoms with Gasteiger partial charge in [0.05, 0.1) is 0 Å². The smallest absolute Gasteiger partial charge is 0.207 e. The van der Waals surface area contributed by atoms with Crippen LogP contribution in [-0.2, 0) is 0 Å². The van der Waals surface area contributed by atoms with Crippen LogP contribution in [0.25, 0.3) is 0 Å². The van der Waals surface area contributed by atoms with Crippen LogP contribution < -0.4 is 0 Å². The highest BCUT2D eigenvalue weighted by molar-refractivity contribution is 6.17. The lowest BCUT2D eigenvalue weighted by molar-refractivity contribution is 0.00470. The minimum atomic E-state index is -2.38. The lowest BCUT2D eigenvalue weighted by atomic mass is 10.0. The molecule has 0 spiro atoms. The van der Waals surface area contributed by atoms with Crippen molar-refractivity contribution >= 4 is 11.6 Å². The zero-order chi connectivity index (χ0) is 8.32. The molecule has 0 N–H and O–H groups in total. The molecule has 0 aliphatic heterocycles. The Morgan fingerprint density at radius 2 is 2.18 bits per heavy atom. The molecule has 3 heteroatoms. The summed E-state index contributed by atoms with van der Waals surface area (Å²) in [6, 6.07) is 0. The van der Waals surface area contributed by atoms with Gasteiger partial charge in [-0.3, -0.25) is 0 Å². The number of hydrogen-bond donors (Lipinski definition) is 0. The zero-order valence-electron chi connectivity index (χ0n) is 6.45. The van der Waals surface area contributed by atoms with Gasteiger partial charge in [-0.2, -0.15) is 0 Å². The summed E-state index contributed by atoms with van der Waals surface area (Å²) < 4.78 is 25.2. The number of hydrogen-bond acceptors (Lipinski definition) is 0. The van der Waals surface area contributed by atoms with Gasteiger partial charge in [-0.25, -0.2) is 8.78 Å². The molecule has 1 fully saturated rings. The summed E-state index contributed by atoms with van der Waals surface area (Å²) >= 11 is 5.46. The van der Waals surface area contributed by atoms with E-state index in [1.807, 2.05) is 0 Å². The molecule has 1 saturated carbocycles. The molecule has 11 heavy (non-hydrogen) atoms. The first-order valence-corrected chi connectivity index (χ1v) is 4.61. The lowest BCUT2D eigenvalue weighted by Gasteiger charge is -2.08. The van der Waals surface area contributed by atoms with Crippen LogP contribution >= 0.6 is 11.6 Å². The van der Waals surface area contributed by atoms with Crippen molar-refractivity contribution < 1.29 is 8.78 Å². The van der Waals surface area contributed by atoms with Crippen molar-refractivity contribution in [1.82, 2.24) is 0 Å². The van der Waals surface area contributed by atoms with Gasteiger partial charge >= 0.3 is 0 Å². The largest absolute Gasteiger partial charge is 0.248 e. The van der Waals surface area contributed by atoms with Crippen LogP contribution in [0.5, 0.6) is 0 Å². The minimum Gasteiger partial charge on any atom is -0.207 e. The summed E-state index contributed by atoms with van der Waals surface area (Å²) in [5.41, 5.74) is 0. The summed E-state index contributed by atoms with van der Waals surface area (Å²) in [5.74, 6) is -1.55. The molecular formula is C8H13ClF2. The highest BCUT2D eigenvalue weighted by Crippen LogP contribution is 2.40. The molecule has 1 aliphatic carbocycles. The summed E-state index contributed by atoms with van der Waals surface area (Å²) in [6.45, 7) is 0. The molecule has 0 aromatic heterocycles. The topological polar surface area (TPSA) is 0 Å². The highest BCUT2D eigenvalue weighted by atomic mass is 35.5. The molecule has 0 radical (unpaired) electrons. The van der Waals surface area contributed by atoms with Gasteiger partial charge in [0.2, 0.25) is 5.92 Å². The average Bonchev–Trinajstić information content (AvgIpc) is 2.26. The van der Waals surface area contributed by atoms with Crippen LogP contribution in [0.4, 0.5) is 8.78 Å². The molecule has 0 nitrogen and oxygen atoms in total. The van der Waals surface area contributed by atoms with E-state index in [1.165, 1.54) is 0 Å². The van der Waals surface area contributed by atoms with E-state index < -0.39 is 5.92 Å². The van der Waals surface area contributed by atoms with Gasteiger partial charge in [0.25, 0.3) is 0 Å². The van der Waals surface area contributed by atoms with E-state index in [4.69, 9.17) is 11.6 Å². The summed E-state index contributed by atoms with van der Waals surface area (Å²) in [7, 11) is 0. The molecule has 1 rings (SSSR count). The second-order valence-electron chi connectivity index (χ2n) is 3.30. The number of alkyl halides is 3. The van der Waals surface area contributed by atoms with E-state index in [9.17, 15) is 8.78 Å². The van der Waals surface area contributed by atoms with Gasteiger partial charge in [-0.05, 0) is 25.2 Å². The van der Waals surface area contributed by atoms with E-state index in [0.717, 1.165) is 12.8 Å². The molecule has 0 bridgehead atoms. The van der Waals surface area contributed by atoms with Gasteiger partial charge in [0, 0.05) is 18.7 Å². The average molecular weight is 183 g/mol. The van der Waals surface area contributed by atoms with Gasteiger partial charge in [-0.15, -0.1) is 11.6 Å². The quantitative estimate of drug-likeness (QED) is 0.587. The maximum atomic E-state index is 12.6. The molecule has 1 unspecified atom stereocenters. The third-order valence-corrected chi connectivity index (χ3v) is 2.52. The summed E-state index contributed by atoms with van der Waals surface area (Å²) in [6.07, 6.45) is 2.61. The van der Waals surface area contributed by atoms with Crippen LogP contribution in [-0.4, -0.2) is 11.8 Å². The number of rotatable bonds is 3. The Morgan fingerprint density at radius 1 is 1.45 bits per heavy atom. The normalized spacial score (nSPS) is 29.2. The van der Waals surface area contributed by atoms with Crippen molar-refractivity contribution in [2.45, 2.75) is 38.0 Å². The molecule has 0 saturated heterocycles. The minimum absolute atomic E-state index is 0.0833. The summed E-state index contributed by atoms with van der Waals surface area (Å²) in [5, 5.41) is 0. The van der Waals surface area contributed by atoms with Gasteiger partial charge in [0.15, 0.2) is 0 Å². The molecule has 0 aromatic rings. The third kappa shape index (κ3) is 2.94. The maximum Gasteiger partial charge on any atom is 0.248 e. The van der Waals surface area contributed by atoms with Crippen LogP contribution in [0.3, 0.4) is 0 Å². The second-order valence-corrected chi connectivity index (χ2v) is 3.67. The van der Waals surface area contributed by atoms with E-state index >= 15 is 0 Å². The maximum absolute atomic E-state index is 12.6. The van der Waals surface area contributed by atoms with Crippen LogP contribution in [0.15, 0.2) is 0 Å². The Hall–Kier alpha value is 0.150.